The Balaban J connectivity index is 1.66. The van der Waals surface area contributed by atoms with Crippen LogP contribution >= 0.6 is 63.7 Å². The molecule has 7 rings (SSSR count). The molecule has 0 aliphatic heterocycles. The minimum absolute atomic E-state index is 0.318. The largest absolute Gasteiger partial charge is 0.452 e. The van der Waals surface area contributed by atoms with Gasteiger partial charge in [0, 0.05) is 6.07 Å². The number of H-pyrrole nitrogens is 4. The third kappa shape index (κ3) is 2.70. The van der Waals surface area contributed by atoms with Crippen LogP contribution in [0.25, 0.3) is 66.5 Å². The van der Waals surface area contributed by atoms with Crippen molar-refractivity contribution < 1.29 is 8.83 Å². The number of aromatic nitrogens is 6. The van der Waals surface area contributed by atoms with Crippen molar-refractivity contribution in [3.63, 3.8) is 0 Å². The van der Waals surface area contributed by atoms with Gasteiger partial charge >= 0.3 is 11.4 Å². The quantitative estimate of drug-likeness (QED) is 0.137. The Morgan fingerprint density at radius 1 is 0.647 bits per heavy atom. The van der Waals surface area contributed by atoms with E-state index in [0.29, 0.717) is 84.4 Å². The summed E-state index contributed by atoms with van der Waals surface area (Å²) in [5.41, 5.74) is 5.69. The number of fused-ring (bicyclic) bond motifs is 6. The molecule has 0 aliphatic rings. The smallest absolute Gasteiger partial charge is 0.368 e. The van der Waals surface area contributed by atoms with Gasteiger partial charge in [-0.1, -0.05) is 0 Å². The highest BCUT2D eigenvalue weighted by Crippen LogP contribution is 2.42. The van der Waals surface area contributed by atoms with Gasteiger partial charge in [-0.05, 0) is 69.8 Å². The van der Waals surface area contributed by atoms with Gasteiger partial charge in [0.25, 0.3) is 0 Å². The summed E-state index contributed by atoms with van der Waals surface area (Å²) >= 11 is 14.3. The maximum atomic E-state index is 11.8. The van der Waals surface area contributed by atoms with Crippen molar-refractivity contribution in [2.75, 3.05) is 0 Å². The highest BCUT2D eigenvalue weighted by Gasteiger charge is 2.21. The highest BCUT2D eigenvalue weighted by atomic mass is 79.9. The molecule has 0 saturated heterocycles. The number of rotatable bonds is 0. The minimum atomic E-state index is -0.563. The molecule has 168 valence electrons. The third-order valence-electron chi connectivity index (χ3n) is 5.53. The van der Waals surface area contributed by atoms with Gasteiger partial charge in [0.2, 0.25) is 0 Å². The zero-order chi connectivity index (χ0) is 23.5. The van der Waals surface area contributed by atoms with Crippen molar-refractivity contribution in [1.82, 2.24) is 29.9 Å². The molecule has 0 saturated carbocycles. The predicted molar refractivity (Wildman–Crippen MR) is 141 cm³/mol. The predicted octanol–water partition coefficient (Wildman–Crippen LogP) is 6.23. The summed E-state index contributed by atoms with van der Waals surface area (Å²) in [6.45, 7) is 0. The lowest BCUT2D eigenvalue weighted by Gasteiger charge is -2.12. The molecule has 34 heavy (non-hydrogen) atoms. The number of nitrogens with zero attached hydrogens (tertiary/aromatic N) is 2. The van der Waals surface area contributed by atoms with Crippen LogP contribution in [-0.4, -0.2) is 29.9 Å². The van der Waals surface area contributed by atoms with E-state index in [0.717, 1.165) is 0 Å². The standard InChI is InChI=1S/C20H6Br4N6O4/c21-7-11-4(27-20(32)29-11)2-6-13(7)28-15-10(24)18-14(9(23)17(15)33-6)25-5-1-3-12(30-19(31)26-3)8(22)16(5)34-18/h1-2,25,28H,(H2,26,30,31). The Bertz CT molecular complexity index is 2030. The minimum Gasteiger partial charge on any atom is -0.452 e. The second kappa shape index (κ2) is 6.93. The lowest BCUT2D eigenvalue weighted by atomic mass is 10.2. The Morgan fingerprint density at radius 3 is 2.15 bits per heavy atom. The van der Waals surface area contributed by atoms with Crippen LogP contribution in [0.3, 0.4) is 0 Å². The number of hydrogen-bond acceptors (Lipinski definition) is 6. The van der Waals surface area contributed by atoms with Gasteiger partial charge in [0.15, 0.2) is 22.3 Å². The first-order chi connectivity index (χ1) is 16.3. The van der Waals surface area contributed by atoms with Gasteiger partial charge in [-0.3, -0.25) is 0 Å². The number of imidazole rings is 2. The first-order valence-corrected chi connectivity index (χ1v) is 12.7. The summed E-state index contributed by atoms with van der Waals surface area (Å²) in [7, 11) is 0. The monoisotopic (exact) mass is 710 g/mol. The lowest BCUT2D eigenvalue weighted by molar-refractivity contribution is 0.644. The van der Waals surface area contributed by atoms with Crippen LogP contribution in [0, 0.1) is 0 Å². The Hall–Kier alpha value is -2.68. The fourth-order valence-corrected chi connectivity index (χ4v) is 6.37. The van der Waals surface area contributed by atoms with Crippen LogP contribution in [0.4, 0.5) is 0 Å². The number of halogens is 4. The number of nitrogens with one attached hydrogen (secondary N) is 4. The Kier molecular flexibility index (Phi) is 4.21. The SMILES string of the molecule is O=c1nc2cc3oc4c(Br)c5[nH]c6cc7[nH]c(=O)[nH]c7c(Br)c6oc5c(Br)c4[nH]c3c(Br)c2n1. The van der Waals surface area contributed by atoms with Crippen LogP contribution in [0.1, 0.15) is 0 Å². The molecule has 7 aromatic rings. The molecule has 4 heterocycles. The van der Waals surface area contributed by atoms with Crippen LogP contribution in [0.15, 0.2) is 48.4 Å². The van der Waals surface area contributed by atoms with Gasteiger partial charge in [-0.2, -0.15) is 9.97 Å². The van der Waals surface area contributed by atoms with Gasteiger partial charge in [-0.15, -0.1) is 0 Å². The first kappa shape index (κ1) is 20.7. The average molecular weight is 714 g/mol. The van der Waals surface area contributed by atoms with Crippen molar-refractivity contribution in [1.29, 1.82) is 0 Å². The van der Waals surface area contributed by atoms with Gasteiger partial charge < -0.3 is 28.8 Å². The van der Waals surface area contributed by atoms with Crippen molar-refractivity contribution in [3.05, 3.63) is 51.0 Å². The molecule has 14 heteroatoms. The van der Waals surface area contributed by atoms with E-state index >= 15 is 0 Å². The second-order valence-electron chi connectivity index (χ2n) is 7.50. The summed E-state index contributed by atoms with van der Waals surface area (Å²) in [5.74, 6) is 0. The van der Waals surface area contributed by atoms with E-state index in [2.05, 4.69) is 93.6 Å². The molecular weight excluding hydrogens is 708 g/mol. The summed E-state index contributed by atoms with van der Waals surface area (Å²) in [6.07, 6.45) is 0. The number of benzene rings is 3. The maximum Gasteiger partial charge on any atom is 0.368 e. The molecule has 10 nitrogen and oxygen atoms in total. The van der Waals surface area contributed by atoms with Gasteiger partial charge in [-0.25, -0.2) is 9.59 Å². The zero-order valence-electron chi connectivity index (χ0n) is 16.2. The van der Waals surface area contributed by atoms with Gasteiger partial charge in [0.1, 0.15) is 16.6 Å². The molecule has 0 spiro atoms. The molecule has 0 fully saturated rings. The molecule has 0 amide bonds. The van der Waals surface area contributed by atoms with E-state index in [9.17, 15) is 9.59 Å². The fourth-order valence-electron chi connectivity index (χ4n) is 4.06. The van der Waals surface area contributed by atoms with E-state index in [-0.39, 0.29) is 5.69 Å². The van der Waals surface area contributed by atoms with E-state index in [1.54, 1.807) is 12.1 Å². The van der Waals surface area contributed by atoms with Crippen molar-refractivity contribution >= 4 is 130 Å². The molecule has 0 bridgehead atoms. The highest BCUT2D eigenvalue weighted by molar-refractivity contribution is 9.11. The molecule has 0 radical (unpaired) electrons. The van der Waals surface area contributed by atoms with Crippen LogP contribution in [-0.2, 0) is 0 Å². The Morgan fingerprint density at radius 2 is 1.35 bits per heavy atom. The number of aromatic amines is 4. The fraction of sp³-hybridized carbons (Fsp3) is 0. The number of hydrogen-bond donors (Lipinski definition) is 4. The summed E-state index contributed by atoms with van der Waals surface area (Å²) < 4.78 is 14.9. The summed E-state index contributed by atoms with van der Waals surface area (Å²) in [5, 5.41) is 0. The van der Waals surface area contributed by atoms with E-state index in [4.69, 9.17) is 8.83 Å². The normalized spacial score (nSPS) is 12.4. The third-order valence-corrected chi connectivity index (χ3v) is 8.58. The Labute approximate surface area is 218 Å². The van der Waals surface area contributed by atoms with Crippen LogP contribution in [0.2, 0.25) is 0 Å². The zero-order valence-corrected chi connectivity index (χ0v) is 22.5. The van der Waals surface area contributed by atoms with Crippen molar-refractivity contribution in [3.8, 4) is 0 Å². The van der Waals surface area contributed by atoms with Crippen LogP contribution < -0.4 is 11.4 Å². The van der Waals surface area contributed by atoms with E-state index in [1.165, 1.54) is 0 Å². The molecule has 0 unspecified atom stereocenters. The molecule has 0 aliphatic carbocycles. The summed E-state index contributed by atoms with van der Waals surface area (Å²) in [6, 6.07) is 3.45. The second-order valence-corrected chi connectivity index (χ2v) is 10.7. The lowest BCUT2D eigenvalue weighted by Crippen LogP contribution is -1.99. The molecule has 4 aromatic heterocycles. The topological polar surface area (TPSA) is 149 Å². The van der Waals surface area contributed by atoms with E-state index < -0.39 is 5.69 Å². The van der Waals surface area contributed by atoms with Gasteiger partial charge in [0.05, 0.1) is 45.5 Å². The molecule has 0 atom stereocenters. The van der Waals surface area contributed by atoms with E-state index in [1.807, 2.05) is 0 Å². The molecule has 4 N–H and O–H groups in total. The first-order valence-electron chi connectivity index (χ1n) is 9.53. The van der Waals surface area contributed by atoms with Crippen LogP contribution in [0.5, 0.6) is 0 Å². The molecule has 3 aromatic carbocycles. The summed E-state index contributed by atoms with van der Waals surface area (Å²) in [4.78, 5) is 43.6. The maximum absolute atomic E-state index is 11.8. The average Bonchev–Trinajstić information content (AvgIpc) is 3.37. The van der Waals surface area contributed by atoms with Crippen molar-refractivity contribution in [2.24, 2.45) is 0 Å². The molecular formula is C20H6Br4N6O4. The van der Waals surface area contributed by atoms with Crippen molar-refractivity contribution in [2.45, 2.75) is 0 Å².